The van der Waals surface area contributed by atoms with Crippen molar-refractivity contribution in [1.29, 1.82) is 10.8 Å². The summed E-state index contributed by atoms with van der Waals surface area (Å²) in [6, 6.07) is 3.29. The number of carboxylic acids is 2. The second kappa shape index (κ2) is 43.1. The van der Waals surface area contributed by atoms with Gasteiger partial charge in [-0.05, 0) is 47.4 Å². The van der Waals surface area contributed by atoms with Crippen LogP contribution in [-0.4, -0.2) is 195 Å². The van der Waals surface area contributed by atoms with Crippen molar-refractivity contribution in [1.82, 2.24) is 20.4 Å². The number of carbonyl (C=O) groups excluding carboxylic acids is 3. The van der Waals surface area contributed by atoms with E-state index in [1.165, 1.54) is 39.8 Å². The van der Waals surface area contributed by atoms with Crippen molar-refractivity contribution in [2.24, 2.45) is 32.9 Å². The van der Waals surface area contributed by atoms with E-state index in [1.807, 2.05) is 26.2 Å². The fourth-order valence-corrected chi connectivity index (χ4v) is 3.63. The van der Waals surface area contributed by atoms with E-state index in [0.717, 1.165) is 17.8 Å². The maximum atomic E-state index is 10.5. The second-order valence-electron chi connectivity index (χ2n) is 14.0. The lowest BCUT2D eigenvalue weighted by Gasteiger charge is -2.40. The van der Waals surface area contributed by atoms with Crippen molar-refractivity contribution < 1.29 is 82.1 Å². The number of ketones is 2. The Morgan fingerprint density at radius 3 is 1.86 bits per heavy atom. The molecule has 400 valence electrons. The number of nitrogens with two attached hydrogens (primary N) is 4. The molecule has 1 aromatic carbocycles. The second-order valence-corrected chi connectivity index (χ2v) is 14.0. The third-order valence-corrected chi connectivity index (χ3v) is 7.49. The van der Waals surface area contributed by atoms with Crippen LogP contribution in [-0.2, 0) is 28.7 Å². The lowest BCUT2D eigenvalue weighted by atomic mass is 10.2. The molecule has 0 aliphatic carbocycles. The van der Waals surface area contributed by atoms with E-state index in [9.17, 15) is 54.5 Å². The quantitative estimate of drug-likeness (QED) is 0.0206. The number of nitro groups is 1. The Morgan fingerprint density at radius 1 is 1.06 bits per heavy atom. The summed E-state index contributed by atoms with van der Waals surface area (Å²) in [6.45, 7) is 3.21. The molecule has 0 bridgehead atoms. The van der Waals surface area contributed by atoms with Crippen molar-refractivity contribution in [3.8, 4) is 0 Å². The van der Waals surface area contributed by atoms with Crippen LogP contribution in [0.2, 0.25) is 1.41 Å². The first kappa shape index (κ1) is 49.2. The van der Waals surface area contributed by atoms with E-state index in [2.05, 4.69) is 26.4 Å². The van der Waals surface area contributed by atoms with Crippen molar-refractivity contribution in [3.63, 3.8) is 0 Å². The molecular weight excluding hydrogens is 926 g/mol. The molecule has 27 nitrogen and oxygen atoms in total. The van der Waals surface area contributed by atoms with Gasteiger partial charge in [-0.3, -0.25) is 49.9 Å². The zero-order chi connectivity index (χ0) is 66.4. The van der Waals surface area contributed by atoms with Crippen LogP contribution in [0.4, 0.5) is 5.69 Å². The molecule has 3 unspecified atom stereocenters. The standard InChI is InChI=1S/C8H18N4O2.C8H16O5.C7H7NO2.C5H9N3.C4H6O2.C3H9N3.C3H7NO2.C2H5NO.C2H6/c1-10-8(11-2)12-5-3-4-6(9)7(13)14;1-3(9)8-7(12)6(11)5(10)4(2)13-8;1-6-2-4-7(5-3-6)8(9)10;1-4-3-8(2)5(6)7-4;1-3(5)4(2)6;1-6(2)3(4)5;1-2(4)3(5)6;1-2(3)4;1-2/h6H,3-5,9H2,1-2H3,(H,13,14)(H2,10,11,12);3-12H,1-2H3;2-5H,1H3;6H,3H2,1-2H3;1-2H3;1-2H3,(H3,4,5);2H,4H2,1H3,(H,5,6);1H3,(H2,3,4);1-2H3/t;3?,4-,5-,6+,7-,8+;;;;;;;/m.0......./s1/i1D3,2D3;3+1,4+1,5+1,6+1,7+1,8+1;2+1,3+1,4+1,5+1,6+1,7+1;;3+1,4+1;;1D,2D;2+1,3+1;1D,2D3/hD. The largest absolute Gasteiger partial charge is 0.480 e. The Bertz CT molecular complexity index is 2140. The fourth-order valence-electron chi connectivity index (χ4n) is 3.63. The first-order valence-corrected chi connectivity index (χ1v) is 19.7. The molecule has 2 aliphatic heterocycles. The summed E-state index contributed by atoms with van der Waals surface area (Å²) in [5, 5.41) is 78.5. The van der Waals surface area contributed by atoms with E-state index in [1.54, 1.807) is 43.0 Å². The molecule has 0 radical (unpaired) electrons. The molecule has 8 atom stereocenters. The average molecular weight is 1020 g/mol. The number of amides is 1. The normalized spacial score (nSPS) is 22.6. The average Bonchev–Trinajstić information content (AvgIpc) is 3.63. The number of carbonyl (C=O) groups is 5. The van der Waals surface area contributed by atoms with Gasteiger partial charge in [0, 0.05) is 95.3 Å². The van der Waals surface area contributed by atoms with E-state index in [-0.39, 0.29) is 42.1 Å². The van der Waals surface area contributed by atoms with Crippen LogP contribution in [0.25, 0.3) is 0 Å². The van der Waals surface area contributed by atoms with Crippen molar-refractivity contribution >= 4 is 58.7 Å². The smallest absolute Gasteiger partial charge is 0.320 e. The summed E-state index contributed by atoms with van der Waals surface area (Å²) in [6.07, 6.45) is -5.43. The third kappa shape index (κ3) is 44.1. The first-order chi connectivity index (χ1) is 36.9. The predicted molar refractivity (Wildman–Crippen MR) is 265 cm³/mol. The number of primary amides is 1. The number of aliphatic hydroxyl groups excluding tert-OH is 4. The number of nitro benzene ring substituents is 1. The van der Waals surface area contributed by atoms with E-state index >= 15 is 0 Å². The van der Waals surface area contributed by atoms with Gasteiger partial charge in [-0.15, -0.1) is 0 Å². The Balaban J connectivity index is -0.000000206. The van der Waals surface area contributed by atoms with Crippen LogP contribution in [0, 0.1) is 27.8 Å². The number of carboxylic acid groups (broad SMARTS) is 2. The minimum absolute atomic E-state index is 0.138. The number of aliphatic carboxylic acids is 2. The lowest BCUT2D eigenvalue weighted by molar-refractivity contribution is -0.384. The van der Waals surface area contributed by atoms with Gasteiger partial charge in [-0.1, -0.05) is 31.4 Å². The highest BCUT2D eigenvalue weighted by Crippen LogP contribution is 2.22. The van der Waals surface area contributed by atoms with Gasteiger partial charge in [0.15, 0.2) is 24.9 Å². The highest BCUT2D eigenvalue weighted by atomic mass is 16.7. The molecule has 3 rings (SSSR count). The van der Waals surface area contributed by atoms with Gasteiger partial charge in [0.1, 0.15) is 36.5 Å². The topological polar surface area (TPSA) is 466 Å². The molecule has 1 aromatic rings. The summed E-state index contributed by atoms with van der Waals surface area (Å²) in [7, 11) is 5.32. The Kier molecular flexibility index (Phi) is 30.7. The van der Waals surface area contributed by atoms with Crippen LogP contribution in [0.15, 0.2) is 34.3 Å². The highest BCUT2D eigenvalue weighted by molar-refractivity contribution is 6.35. The number of Topliss-reactive ketones (excluding diaryl/α,β-unsaturated/α-hetero) is 2. The predicted octanol–water partition coefficient (Wildman–Crippen LogP) is -1.02. The monoisotopic (exact) mass is 1020 g/mol. The van der Waals surface area contributed by atoms with Crippen LogP contribution in [0.1, 0.15) is 97.0 Å². The molecule has 1 saturated heterocycles. The number of ether oxygens (including phenoxy) is 1. The van der Waals surface area contributed by atoms with Crippen molar-refractivity contribution in [3.05, 3.63) is 39.9 Å². The first-order valence-electron chi connectivity index (χ1n) is 26.6. The Labute approximate surface area is 423 Å². The number of nitrogens with zero attached hydrogens (tertiary/aromatic N) is 5. The number of aliphatic imine (C=N–C) groups is 2. The fraction of sp³-hybridized carbons (Fsp3) is 0.643. The zero-order valence-corrected chi connectivity index (χ0v) is 40.5. The summed E-state index contributed by atoms with van der Waals surface area (Å²) >= 11 is 0. The number of guanidine groups is 3. The molecule has 69 heavy (non-hydrogen) atoms. The van der Waals surface area contributed by atoms with Crippen LogP contribution >= 0.6 is 0 Å². The molecule has 2 heterocycles. The molecular formula is C42H83N13O14. The maximum absolute atomic E-state index is 10.5. The number of rotatable bonds is 9. The Hall–Kier alpha value is -6.23. The molecule has 1 amide bonds. The van der Waals surface area contributed by atoms with Gasteiger partial charge in [0.25, 0.3) is 5.69 Å². The number of nitrogens with one attached hydrogen (secondary N) is 4. The number of non-ortho nitro benzene ring substituents is 1. The van der Waals surface area contributed by atoms with Gasteiger partial charge in [-0.25, -0.2) is 4.99 Å². The van der Waals surface area contributed by atoms with Crippen LogP contribution in [0.3, 0.4) is 0 Å². The van der Waals surface area contributed by atoms with Gasteiger partial charge in [-0.2, -0.15) is 0 Å². The molecule has 1 fully saturated rings. The van der Waals surface area contributed by atoms with Gasteiger partial charge in [0.2, 0.25) is 11.9 Å². The molecule has 0 aromatic heterocycles. The summed E-state index contributed by atoms with van der Waals surface area (Å²) < 4.78 is 91.7. The molecule has 0 saturated carbocycles. The molecule has 18 N–H and O–H groups in total. The molecule has 0 spiro atoms. The van der Waals surface area contributed by atoms with Crippen LogP contribution < -0.4 is 33.6 Å². The summed E-state index contributed by atoms with van der Waals surface area (Å²) in [5.74, 6) is -3.49. The number of benzene rings is 1. The van der Waals surface area contributed by atoms with E-state index < -0.39 is 106 Å². The molecule has 2 aliphatic rings. The number of aryl methyl sites for hydroxylation is 1. The highest BCUT2D eigenvalue weighted by Gasteiger charge is 2.43. The van der Waals surface area contributed by atoms with Gasteiger partial charge < -0.3 is 78.7 Å². The number of aliphatic hydroxyl groups is 4. The van der Waals surface area contributed by atoms with E-state index in [0.29, 0.717) is 12.4 Å². The van der Waals surface area contributed by atoms with E-state index in [4.69, 9.17) is 55.4 Å². The van der Waals surface area contributed by atoms with Crippen LogP contribution in [0.5, 0.6) is 0 Å². The summed E-state index contributed by atoms with van der Waals surface area (Å²) in [4.78, 5) is 69.3. The minimum atomic E-state index is -2.68. The summed E-state index contributed by atoms with van der Waals surface area (Å²) in [5.41, 5.74) is 21.8. The lowest BCUT2D eigenvalue weighted by Crippen LogP contribution is -2.59. The van der Waals surface area contributed by atoms with Crippen molar-refractivity contribution in [2.75, 3.05) is 48.2 Å². The zero-order valence-electron chi connectivity index (χ0n) is 53.5. The SMILES string of the molecule is CC1=NC(=N)N(C)C1.C[13CH](O)[13C@H]1O[13C@@H](C)[13C@H](O)[13C@@H](O)[13C@@H]1O.C[13C](=O)[13C](C)=O.C[13C]([15NH2])=O.C[13c]1[13cH][13cH][13c]([N+](=O)[O-])[13cH][13cH]1.[2H]C([2H])([2H])N=C(NCCCC(N)C(=O)O)NC([2H])([2H])[2H].[2H]CC([2H])(N)C(=O)O.[2H]CC([2H])([2H])[2H].[2H]N=C(N)N(C)C. The van der Waals surface area contributed by atoms with Crippen molar-refractivity contribution in [2.45, 2.75) is 131 Å². The van der Waals surface area contributed by atoms with Gasteiger partial charge in [0.05, 0.1) is 25.0 Å². The maximum Gasteiger partial charge on any atom is 0.320 e. The minimum Gasteiger partial charge on any atom is -0.480 e. The number of hydrogen-bond acceptors (Lipinski definition) is 17. The van der Waals surface area contributed by atoms with Gasteiger partial charge >= 0.3 is 11.9 Å². The Morgan fingerprint density at radius 2 is 1.58 bits per heavy atom. The third-order valence-electron chi connectivity index (χ3n) is 7.49. The molecule has 27 heteroatoms. The number of hydrogen-bond donors (Lipinski definition) is 14.